The van der Waals surface area contributed by atoms with Gasteiger partial charge in [-0.2, -0.15) is 35.1 Å². The zero-order valence-corrected chi connectivity index (χ0v) is 8.61. The number of allylic oxidation sites excluding steroid dienone is 2. The molecular formula is C9H3F8NO. The van der Waals surface area contributed by atoms with E-state index in [4.69, 9.17) is 0 Å². The van der Waals surface area contributed by atoms with Crippen LogP contribution >= 0.6 is 0 Å². The zero-order valence-electron chi connectivity index (χ0n) is 8.61. The van der Waals surface area contributed by atoms with Crippen LogP contribution in [0.4, 0.5) is 35.1 Å². The van der Waals surface area contributed by atoms with Gasteiger partial charge in [-0.25, -0.2) is 4.98 Å². The summed E-state index contributed by atoms with van der Waals surface area (Å²) in [5.74, 6) is -24.8. The Hall–Kier alpha value is -1.61. The van der Waals surface area contributed by atoms with E-state index in [-0.39, 0.29) is 0 Å². The van der Waals surface area contributed by atoms with Crippen LogP contribution in [0.1, 0.15) is 5.89 Å². The summed E-state index contributed by atoms with van der Waals surface area (Å²) in [4.78, 5) is 2.99. The summed E-state index contributed by atoms with van der Waals surface area (Å²) in [6, 6.07) is 0. The van der Waals surface area contributed by atoms with E-state index in [1.807, 2.05) is 0 Å². The molecule has 0 amide bonds. The molecule has 106 valence electrons. The van der Waals surface area contributed by atoms with Gasteiger partial charge < -0.3 is 4.42 Å². The molecule has 0 saturated heterocycles. The molecule has 0 saturated carbocycles. The number of halogens is 8. The lowest BCUT2D eigenvalue weighted by Crippen LogP contribution is -2.65. The number of alkyl halides is 8. The Balaban J connectivity index is 2.72. The van der Waals surface area contributed by atoms with Crippen LogP contribution in [0.15, 0.2) is 23.0 Å². The minimum atomic E-state index is -6.29. The minimum Gasteiger partial charge on any atom is -0.445 e. The molecule has 0 bridgehead atoms. The van der Waals surface area contributed by atoms with Crippen molar-refractivity contribution < 1.29 is 39.5 Å². The van der Waals surface area contributed by atoms with Crippen LogP contribution in [0.25, 0.3) is 5.57 Å². The van der Waals surface area contributed by atoms with Crippen LogP contribution in [0.5, 0.6) is 0 Å². The van der Waals surface area contributed by atoms with Crippen molar-refractivity contribution in [2.24, 2.45) is 0 Å². The van der Waals surface area contributed by atoms with Crippen molar-refractivity contribution in [1.29, 1.82) is 0 Å². The second-order valence-corrected chi connectivity index (χ2v) is 3.74. The quantitative estimate of drug-likeness (QED) is 0.739. The molecule has 1 heterocycles. The summed E-state index contributed by atoms with van der Waals surface area (Å²) in [5.41, 5.74) is -2.08. The maximum Gasteiger partial charge on any atom is 0.383 e. The maximum atomic E-state index is 13.3. The van der Waals surface area contributed by atoms with E-state index < -0.39 is 41.2 Å². The highest BCUT2D eigenvalue weighted by atomic mass is 19.4. The Kier molecular flexibility index (Phi) is 2.53. The van der Waals surface area contributed by atoms with E-state index in [1.54, 1.807) is 0 Å². The highest BCUT2D eigenvalue weighted by Crippen LogP contribution is 2.60. The molecule has 2 rings (SSSR count). The van der Waals surface area contributed by atoms with Gasteiger partial charge in [-0.15, -0.1) is 0 Å². The van der Waals surface area contributed by atoms with Gasteiger partial charge in [-0.1, -0.05) is 0 Å². The lowest BCUT2D eigenvalue weighted by atomic mass is 9.86. The molecule has 0 N–H and O–H groups in total. The minimum absolute atomic E-state index is 0.648. The fraction of sp³-hybridized carbons (Fsp3) is 0.444. The van der Waals surface area contributed by atoms with Crippen LogP contribution in [0, 0.1) is 0 Å². The van der Waals surface area contributed by atoms with Gasteiger partial charge in [0.05, 0.1) is 11.8 Å². The summed E-state index contributed by atoms with van der Waals surface area (Å²) in [7, 11) is 0. The number of aromatic nitrogens is 1. The summed E-state index contributed by atoms with van der Waals surface area (Å²) in [6.45, 7) is 0. The second-order valence-electron chi connectivity index (χ2n) is 3.74. The molecular weight excluding hydrogens is 290 g/mol. The number of oxazole rings is 1. The summed E-state index contributed by atoms with van der Waals surface area (Å²) in [5, 5.41) is 0. The van der Waals surface area contributed by atoms with E-state index >= 15 is 0 Å². The van der Waals surface area contributed by atoms with E-state index in [2.05, 4.69) is 9.40 Å². The smallest absolute Gasteiger partial charge is 0.383 e. The molecule has 0 unspecified atom stereocenters. The normalized spacial score (nSPS) is 26.8. The fourth-order valence-corrected chi connectivity index (χ4v) is 1.49. The first-order chi connectivity index (χ1) is 8.45. The first-order valence-corrected chi connectivity index (χ1v) is 4.59. The van der Waals surface area contributed by atoms with Gasteiger partial charge in [-0.05, 0) is 0 Å². The highest BCUT2D eigenvalue weighted by molar-refractivity contribution is 5.69. The molecule has 0 atom stereocenters. The van der Waals surface area contributed by atoms with Gasteiger partial charge in [-0.3, -0.25) is 0 Å². The van der Waals surface area contributed by atoms with Crippen molar-refractivity contribution in [2.75, 3.05) is 0 Å². The average Bonchev–Trinajstić information content (AvgIpc) is 2.76. The molecule has 19 heavy (non-hydrogen) atoms. The van der Waals surface area contributed by atoms with Crippen molar-refractivity contribution in [3.8, 4) is 0 Å². The lowest BCUT2D eigenvalue weighted by Gasteiger charge is -2.40. The summed E-state index contributed by atoms with van der Waals surface area (Å²) < 4.78 is 108. The van der Waals surface area contributed by atoms with Gasteiger partial charge in [0.2, 0.25) is 5.89 Å². The van der Waals surface area contributed by atoms with E-state index in [1.165, 1.54) is 0 Å². The van der Waals surface area contributed by atoms with Crippen LogP contribution in [-0.2, 0) is 0 Å². The van der Waals surface area contributed by atoms with Crippen molar-refractivity contribution >= 4 is 5.57 Å². The SMILES string of the molecule is FC1(F)C=C(c2ncco2)C(F)(F)C(F)(F)C1(F)F. The highest BCUT2D eigenvalue weighted by Gasteiger charge is 2.84. The van der Waals surface area contributed by atoms with E-state index in [0.29, 0.717) is 6.26 Å². The van der Waals surface area contributed by atoms with Gasteiger partial charge >= 0.3 is 23.7 Å². The van der Waals surface area contributed by atoms with Crippen molar-refractivity contribution in [3.63, 3.8) is 0 Å². The molecule has 0 fully saturated rings. The van der Waals surface area contributed by atoms with Crippen LogP contribution < -0.4 is 0 Å². The van der Waals surface area contributed by atoms with Gasteiger partial charge in [0.25, 0.3) is 0 Å². The number of hydrogen-bond donors (Lipinski definition) is 0. The third-order valence-corrected chi connectivity index (χ3v) is 2.53. The van der Waals surface area contributed by atoms with Crippen molar-refractivity contribution in [2.45, 2.75) is 23.7 Å². The topological polar surface area (TPSA) is 26.0 Å². The standard InChI is InChI=1S/C9H3F8NO/c10-6(11)3-4(5-18-1-2-19-5)7(12,13)9(16,17)8(6,14)15/h1-3H. The number of nitrogens with zero attached hydrogens (tertiary/aromatic N) is 1. The molecule has 0 aromatic carbocycles. The van der Waals surface area contributed by atoms with Crippen molar-refractivity contribution in [3.05, 3.63) is 24.4 Å². The number of hydrogen-bond acceptors (Lipinski definition) is 2. The summed E-state index contributed by atoms with van der Waals surface area (Å²) >= 11 is 0. The molecule has 0 radical (unpaired) electrons. The lowest BCUT2D eigenvalue weighted by molar-refractivity contribution is -0.348. The van der Waals surface area contributed by atoms with E-state index in [9.17, 15) is 35.1 Å². The summed E-state index contributed by atoms with van der Waals surface area (Å²) in [6.07, 6.45) is 0.417. The third-order valence-electron chi connectivity index (χ3n) is 2.53. The average molecular weight is 293 g/mol. The molecule has 2 nitrogen and oxygen atoms in total. The Morgan fingerprint density at radius 3 is 1.95 bits per heavy atom. The van der Waals surface area contributed by atoms with Crippen LogP contribution in [0.2, 0.25) is 0 Å². The fourth-order valence-electron chi connectivity index (χ4n) is 1.49. The predicted molar refractivity (Wildman–Crippen MR) is 44.3 cm³/mol. The Morgan fingerprint density at radius 2 is 1.47 bits per heavy atom. The Bertz CT molecular complexity index is 518. The van der Waals surface area contributed by atoms with Gasteiger partial charge in [0.15, 0.2) is 0 Å². The third kappa shape index (κ3) is 1.51. The molecule has 10 heteroatoms. The Labute approximate surface area is 99.3 Å². The van der Waals surface area contributed by atoms with E-state index in [0.717, 1.165) is 6.20 Å². The molecule has 1 aliphatic carbocycles. The Morgan fingerprint density at radius 1 is 0.895 bits per heavy atom. The molecule has 1 aromatic heterocycles. The molecule has 1 aliphatic rings. The van der Waals surface area contributed by atoms with Crippen LogP contribution in [-0.4, -0.2) is 28.7 Å². The molecule has 0 spiro atoms. The monoisotopic (exact) mass is 293 g/mol. The van der Waals surface area contributed by atoms with Gasteiger partial charge in [0.1, 0.15) is 6.26 Å². The maximum absolute atomic E-state index is 13.3. The first kappa shape index (κ1) is 13.8. The predicted octanol–water partition coefficient (Wildman–Crippen LogP) is 3.61. The van der Waals surface area contributed by atoms with Crippen LogP contribution in [0.3, 0.4) is 0 Å². The second kappa shape index (κ2) is 3.48. The molecule has 0 aliphatic heterocycles. The largest absolute Gasteiger partial charge is 0.445 e. The molecule has 1 aromatic rings. The first-order valence-electron chi connectivity index (χ1n) is 4.59. The van der Waals surface area contributed by atoms with Crippen molar-refractivity contribution in [1.82, 2.24) is 4.98 Å². The zero-order chi connectivity index (χ0) is 14.7. The van der Waals surface area contributed by atoms with Gasteiger partial charge in [0, 0.05) is 6.08 Å². The number of rotatable bonds is 1.